The molecule has 0 unspecified atom stereocenters. The van der Waals surface area contributed by atoms with Gasteiger partial charge in [0.05, 0.1) is 7.11 Å². The van der Waals surface area contributed by atoms with E-state index >= 15 is 0 Å². The third kappa shape index (κ3) is 4.58. The molecule has 1 aromatic carbocycles. The van der Waals surface area contributed by atoms with Gasteiger partial charge in [0.1, 0.15) is 5.75 Å². The van der Waals surface area contributed by atoms with Crippen molar-refractivity contribution >= 4 is 33.2 Å². The molecule has 0 amide bonds. The Kier molecular flexibility index (Phi) is 5.58. The number of rotatable bonds is 5. The van der Waals surface area contributed by atoms with Gasteiger partial charge in [-0.25, -0.2) is 0 Å². The highest BCUT2D eigenvalue weighted by Gasteiger charge is 1.97. The number of ether oxygens (including phenoxy) is 1. The number of hydrogen-bond acceptors (Lipinski definition) is 2. The number of anilines is 1. The van der Waals surface area contributed by atoms with Crippen LogP contribution in [0.1, 0.15) is 0 Å². The predicted octanol–water partition coefficient (Wildman–Crippen LogP) is 3.66. The summed E-state index contributed by atoms with van der Waals surface area (Å²) < 4.78 is 6.15. The highest BCUT2D eigenvalue weighted by atomic mass is 79.9. The molecular formula is C11H13BrClNO. The van der Waals surface area contributed by atoms with Crippen LogP contribution in [-0.4, -0.2) is 19.5 Å². The summed E-state index contributed by atoms with van der Waals surface area (Å²) in [5, 5.41) is 3.24. The molecule has 0 saturated carbocycles. The maximum Gasteiger partial charge on any atom is 0.122 e. The maximum absolute atomic E-state index is 5.51. The van der Waals surface area contributed by atoms with Crippen LogP contribution in [0.25, 0.3) is 0 Å². The molecular weight excluding hydrogens is 277 g/mol. The van der Waals surface area contributed by atoms with Gasteiger partial charge in [-0.1, -0.05) is 28.1 Å². The van der Waals surface area contributed by atoms with Gasteiger partial charge in [0.2, 0.25) is 0 Å². The van der Waals surface area contributed by atoms with E-state index in [0.717, 1.165) is 22.5 Å². The fourth-order valence-electron chi connectivity index (χ4n) is 1.11. The maximum atomic E-state index is 5.51. The van der Waals surface area contributed by atoms with Crippen molar-refractivity contribution in [3.63, 3.8) is 0 Å². The van der Waals surface area contributed by atoms with Crippen molar-refractivity contribution < 1.29 is 4.74 Å². The summed E-state index contributed by atoms with van der Waals surface area (Å²) in [6, 6.07) is 5.86. The average Bonchev–Trinajstić information content (AvgIpc) is 2.23. The Morgan fingerprint density at radius 3 is 2.87 bits per heavy atom. The van der Waals surface area contributed by atoms with Crippen LogP contribution in [0.4, 0.5) is 5.69 Å². The third-order valence-electron chi connectivity index (χ3n) is 1.79. The van der Waals surface area contributed by atoms with Crippen LogP contribution in [0.15, 0.2) is 34.8 Å². The number of benzene rings is 1. The average molecular weight is 291 g/mol. The molecule has 1 rings (SSSR count). The molecule has 0 bridgehead atoms. The van der Waals surface area contributed by atoms with Crippen LogP contribution in [-0.2, 0) is 0 Å². The monoisotopic (exact) mass is 289 g/mol. The first-order valence-corrected chi connectivity index (χ1v) is 5.88. The fraction of sp³-hybridized carbons (Fsp3) is 0.273. The number of allylic oxidation sites excluding steroid dienone is 1. The Morgan fingerprint density at radius 1 is 1.40 bits per heavy atom. The molecule has 2 nitrogen and oxygen atoms in total. The van der Waals surface area contributed by atoms with Gasteiger partial charge in [0.25, 0.3) is 0 Å². The second kappa shape index (κ2) is 6.75. The minimum absolute atomic E-state index is 0.545. The van der Waals surface area contributed by atoms with E-state index in [1.165, 1.54) is 0 Å². The van der Waals surface area contributed by atoms with E-state index in [9.17, 15) is 0 Å². The van der Waals surface area contributed by atoms with Gasteiger partial charge in [-0.15, -0.1) is 11.6 Å². The van der Waals surface area contributed by atoms with E-state index in [2.05, 4.69) is 21.2 Å². The van der Waals surface area contributed by atoms with Crippen molar-refractivity contribution in [2.75, 3.05) is 24.9 Å². The quantitative estimate of drug-likeness (QED) is 0.660. The SMILES string of the molecule is COc1cc(Br)cc(NC/C=C/CCl)c1. The molecule has 0 radical (unpaired) electrons. The zero-order valence-electron chi connectivity index (χ0n) is 8.47. The van der Waals surface area contributed by atoms with Crippen LogP contribution in [0.2, 0.25) is 0 Å². The minimum Gasteiger partial charge on any atom is -0.497 e. The molecule has 0 saturated heterocycles. The minimum atomic E-state index is 0.545. The molecule has 15 heavy (non-hydrogen) atoms. The topological polar surface area (TPSA) is 21.3 Å². The normalized spacial score (nSPS) is 10.6. The third-order valence-corrected chi connectivity index (χ3v) is 2.42. The molecule has 1 aromatic rings. The van der Waals surface area contributed by atoms with Crippen LogP contribution in [0, 0.1) is 0 Å². The summed E-state index contributed by atoms with van der Waals surface area (Å²) in [4.78, 5) is 0. The molecule has 1 N–H and O–H groups in total. The van der Waals surface area contributed by atoms with Crippen molar-refractivity contribution in [3.05, 3.63) is 34.8 Å². The second-order valence-electron chi connectivity index (χ2n) is 2.89. The highest BCUT2D eigenvalue weighted by molar-refractivity contribution is 9.10. The lowest BCUT2D eigenvalue weighted by atomic mass is 10.3. The summed E-state index contributed by atoms with van der Waals surface area (Å²) in [7, 11) is 1.65. The van der Waals surface area contributed by atoms with Crippen molar-refractivity contribution in [1.29, 1.82) is 0 Å². The lowest BCUT2D eigenvalue weighted by Crippen LogP contribution is -1.98. The van der Waals surface area contributed by atoms with Crippen LogP contribution in [0.3, 0.4) is 0 Å². The second-order valence-corrected chi connectivity index (χ2v) is 4.11. The Morgan fingerprint density at radius 2 is 2.20 bits per heavy atom. The molecule has 0 aliphatic rings. The molecule has 0 heterocycles. The summed E-state index contributed by atoms with van der Waals surface area (Å²) in [5.41, 5.74) is 1.01. The van der Waals surface area contributed by atoms with Crippen molar-refractivity contribution in [2.24, 2.45) is 0 Å². The van der Waals surface area contributed by atoms with Crippen molar-refractivity contribution in [2.45, 2.75) is 0 Å². The molecule has 0 fully saturated rings. The van der Waals surface area contributed by atoms with Crippen LogP contribution < -0.4 is 10.1 Å². The molecule has 4 heteroatoms. The van der Waals surface area contributed by atoms with Crippen molar-refractivity contribution in [3.8, 4) is 5.75 Å². The van der Waals surface area contributed by atoms with E-state index in [4.69, 9.17) is 16.3 Å². The molecule has 0 aliphatic carbocycles. The summed E-state index contributed by atoms with van der Waals surface area (Å²) >= 11 is 8.93. The molecule has 0 aliphatic heterocycles. The van der Waals surface area contributed by atoms with Gasteiger partial charge in [-0.2, -0.15) is 0 Å². The van der Waals surface area contributed by atoms with Crippen molar-refractivity contribution in [1.82, 2.24) is 0 Å². The van der Waals surface area contributed by atoms with E-state index in [-0.39, 0.29) is 0 Å². The standard InChI is InChI=1S/C11H13BrClNO/c1-15-11-7-9(12)6-10(8-11)14-5-3-2-4-13/h2-3,6-8,14H,4-5H2,1H3/b3-2+. The molecule has 0 aromatic heterocycles. The molecule has 82 valence electrons. The first kappa shape index (κ1) is 12.4. The van der Waals surface area contributed by atoms with Gasteiger partial charge >= 0.3 is 0 Å². The zero-order valence-corrected chi connectivity index (χ0v) is 10.8. The smallest absolute Gasteiger partial charge is 0.122 e. The molecule has 0 spiro atoms. The van der Waals surface area contributed by atoms with Crippen LogP contribution in [0.5, 0.6) is 5.75 Å². The predicted molar refractivity (Wildman–Crippen MR) is 69.0 cm³/mol. The Bertz CT molecular complexity index is 341. The largest absolute Gasteiger partial charge is 0.497 e. The van der Waals surface area contributed by atoms with Gasteiger partial charge < -0.3 is 10.1 Å². The summed E-state index contributed by atoms with van der Waals surface area (Å²) in [6.45, 7) is 0.756. The van der Waals surface area contributed by atoms with Gasteiger partial charge in [0, 0.05) is 28.7 Å². The van der Waals surface area contributed by atoms with E-state index in [1.807, 2.05) is 30.4 Å². The fourth-order valence-corrected chi connectivity index (χ4v) is 1.70. The van der Waals surface area contributed by atoms with Gasteiger partial charge in [-0.3, -0.25) is 0 Å². The van der Waals surface area contributed by atoms with E-state index in [0.29, 0.717) is 5.88 Å². The Hall–Kier alpha value is -0.670. The number of halogens is 2. The Labute approximate surface area is 103 Å². The summed E-state index contributed by atoms with van der Waals surface area (Å²) in [6.07, 6.45) is 3.89. The lowest BCUT2D eigenvalue weighted by Gasteiger charge is -2.07. The Balaban J connectivity index is 2.60. The number of methoxy groups -OCH3 is 1. The van der Waals surface area contributed by atoms with Crippen LogP contribution >= 0.6 is 27.5 Å². The number of alkyl halides is 1. The number of hydrogen-bond donors (Lipinski definition) is 1. The van der Waals surface area contributed by atoms with E-state index < -0.39 is 0 Å². The zero-order chi connectivity index (χ0) is 11.1. The first-order chi connectivity index (χ1) is 7.26. The van der Waals surface area contributed by atoms with E-state index in [1.54, 1.807) is 7.11 Å². The summed E-state index contributed by atoms with van der Waals surface area (Å²) in [5.74, 6) is 1.37. The molecule has 0 atom stereocenters. The number of nitrogens with one attached hydrogen (secondary N) is 1. The van der Waals surface area contributed by atoms with Gasteiger partial charge in [-0.05, 0) is 12.1 Å². The van der Waals surface area contributed by atoms with Gasteiger partial charge in [0.15, 0.2) is 0 Å². The highest BCUT2D eigenvalue weighted by Crippen LogP contribution is 2.24. The first-order valence-electron chi connectivity index (χ1n) is 4.55. The lowest BCUT2D eigenvalue weighted by molar-refractivity contribution is 0.414.